The van der Waals surface area contributed by atoms with Crippen molar-refractivity contribution in [3.8, 4) is 0 Å². The van der Waals surface area contributed by atoms with E-state index in [9.17, 15) is 9.59 Å². The Bertz CT molecular complexity index is 1370. The third kappa shape index (κ3) is 50.7. The minimum atomic E-state index is -0.596. The highest BCUT2D eigenvalue weighted by molar-refractivity contribution is 5.70. The predicted molar refractivity (Wildman–Crippen MR) is 278 cm³/mol. The second kappa shape index (κ2) is 53.4. The Kier molecular flexibility index (Phi) is 50.1. The quantitative estimate of drug-likeness (QED) is 0.0346. The van der Waals surface area contributed by atoms with Crippen LogP contribution in [-0.2, 0) is 23.8 Å². The average Bonchev–Trinajstić information content (AvgIpc) is 3.30. The van der Waals surface area contributed by atoms with E-state index in [4.69, 9.17) is 14.2 Å². The lowest BCUT2D eigenvalue weighted by Gasteiger charge is -2.18. The van der Waals surface area contributed by atoms with Crippen molar-refractivity contribution in [3.63, 3.8) is 0 Å². The van der Waals surface area contributed by atoms with E-state index >= 15 is 0 Å². The fourth-order valence-electron chi connectivity index (χ4n) is 6.39. The summed E-state index contributed by atoms with van der Waals surface area (Å²) in [6, 6.07) is 0. The van der Waals surface area contributed by atoms with Crippen LogP contribution in [0.1, 0.15) is 201 Å². The van der Waals surface area contributed by atoms with Crippen molar-refractivity contribution in [3.05, 3.63) is 134 Å². The molecule has 360 valence electrons. The summed E-state index contributed by atoms with van der Waals surface area (Å²) in [7, 11) is 0. The van der Waals surface area contributed by atoms with Gasteiger partial charge >= 0.3 is 11.9 Å². The zero-order valence-electron chi connectivity index (χ0n) is 41.2. The smallest absolute Gasteiger partial charge is 0.306 e. The Balaban J connectivity index is 4.48. The van der Waals surface area contributed by atoms with Gasteiger partial charge in [-0.1, -0.05) is 193 Å². The lowest BCUT2D eigenvalue weighted by molar-refractivity contribution is -0.162. The number of hydrogen-bond donors (Lipinski definition) is 0. The molecule has 0 aliphatic heterocycles. The van der Waals surface area contributed by atoms with Crippen molar-refractivity contribution in [1.29, 1.82) is 0 Å². The lowest BCUT2D eigenvalue weighted by Crippen LogP contribution is -2.30. The molecule has 1 atom stereocenters. The number of hydrogen-bond acceptors (Lipinski definition) is 5. The minimum Gasteiger partial charge on any atom is -0.462 e. The standard InChI is InChI=1S/C59H94O5/c1-4-7-10-13-16-19-22-25-28-30-32-34-37-40-43-46-49-52-58(60)63-56-57(55-62-54-51-48-45-42-39-36-33-29-26-23-20-17-14-11-8-5-2)64-59(61)53-50-47-44-41-38-35-31-27-24-21-18-15-12-9-6-3/h7,9-10,12,16-21,25-29,31-32,34,38,40-41,43,57H,4-6,8,11,13-15,22-24,30,33,35-37,39,42,44-56H2,1-3H3/b10-7-,12-9-,19-16-,20-17-,21-18-,28-25-,29-26-,31-27-,34-32-,41-38-,43-40-. The van der Waals surface area contributed by atoms with Gasteiger partial charge < -0.3 is 14.2 Å². The van der Waals surface area contributed by atoms with Crippen molar-refractivity contribution in [2.24, 2.45) is 0 Å². The summed E-state index contributed by atoms with van der Waals surface area (Å²) in [5.74, 6) is -0.529. The number of allylic oxidation sites excluding steroid dienone is 22. The molecule has 5 nitrogen and oxygen atoms in total. The molecule has 0 fully saturated rings. The highest BCUT2D eigenvalue weighted by atomic mass is 16.6. The molecule has 0 N–H and O–H groups in total. The largest absolute Gasteiger partial charge is 0.462 e. The van der Waals surface area contributed by atoms with Gasteiger partial charge in [0.2, 0.25) is 0 Å². The van der Waals surface area contributed by atoms with E-state index in [0.29, 0.717) is 19.4 Å². The number of ether oxygens (including phenoxy) is 3. The molecule has 0 aromatic rings. The van der Waals surface area contributed by atoms with Crippen LogP contribution in [0.15, 0.2) is 134 Å². The molecule has 0 radical (unpaired) electrons. The average molecular weight is 883 g/mol. The van der Waals surface area contributed by atoms with Crippen LogP contribution in [0.3, 0.4) is 0 Å². The number of carbonyl (C=O) groups excluding carboxylic acids is 2. The van der Waals surface area contributed by atoms with E-state index in [-0.39, 0.29) is 25.2 Å². The van der Waals surface area contributed by atoms with Gasteiger partial charge in [0.05, 0.1) is 6.61 Å². The van der Waals surface area contributed by atoms with Gasteiger partial charge in [-0.2, -0.15) is 0 Å². The molecule has 0 bridgehead atoms. The van der Waals surface area contributed by atoms with Gasteiger partial charge in [0, 0.05) is 19.4 Å². The van der Waals surface area contributed by atoms with Crippen molar-refractivity contribution >= 4 is 11.9 Å². The maximum absolute atomic E-state index is 12.8. The summed E-state index contributed by atoms with van der Waals surface area (Å²) in [6.07, 6.45) is 76.1. The molecule has 5 heteroatoms. The van der Waals surface area contributed by atoms with Crippen molar-refractivity contribution in [2.75, 3.05) is 19.8 Å². The molecule has 1 unspecified atom stereocenters. The van der Waals surface area contributed by atoms with Crippen molar-refractivity contribution in [1.82, 2.24) is 0 Å². The number of unbranched alkanes of at least 4 members (excludes halogenated alkanes) is 12. The molecule has 0 spiro atoms. The molecule has 0 amide bonds. The molecule has 64 heavy (non-hydrogen) atoms. The number of carbonyl (C=O) groups is 2. The van der Waals surface area contributed by atoms with Gasteiger partial charge in [0.1, 0.15) is 6.61 Å². The highest BCUT2D eigenvalue weighted by Crippen LogP contribution is 2.11. The van der Waals surface area contributed by atoms with Crippen LogP contribution in [0, 0.1) is 0 Å². The normalized spacial score (nSPS) is 13.4. The van der Waals surface area contributed by atoms with Gasteiger partial charge in [-0.15, -0.1) is 0 Å². The molecule has 0 rings (SSSR count). The predicted octanol–water partition coefficient (Wildman–Crippen LogP) is 17.6. The molecular weight excluding hydrogens is 789 g/mol. The first-order chi connectivity index (χ1) is 31.6. The first-order valence-corrected chi connectivity index (χ1v) is 25.7. The van der Waals surface area contributed by atoms with Gasteiger partial charge in [-0.05, 0) is 128 Å². The third-order valence-corrected chi connectivity index (χ3v) is 10.2. The topological polar surface area (TPSA) is 61.8 Å². The summed E-state index contributed by atoms with van der Waals surface area (Å²) in [5.41, 5.74) is 0. The van der Waals surface area contributed by atoms with Gasteiger partial charge in [-0.3, -0.25) is 9.59 Å². The van der Waals surface area contributed by atoms with Gasteiger partial charge in [-0.25, -0.2) is 0 Å². The fraction of sp³-hybridized carbons (Fsp3) is 0.593. The molecule has 0 saturated carbocycles. The van der Waals surface area contributed by atoms with E-state index < -0.39 is 6.10 Å². The Morgan fingerprint density at radius 1 is 0.359 bits per heavy atom. The van der Waals surface area contributed by atoms with Crippen LogP contribution in [-0.4, -0.2) is 37.9 Å². The third-order valence-electron chi connectivity index (χ3n) is 10.2. The van der Waals surface area contributed by atoms with Crippen LogP contribution in [0.4, 0.5) is 0 Å². The molecule has 0 aromatic heterocycles. The summed E-state index contributed by atoms with van der Waals surface area (Å²) in [4.78, 5) is 25.4. The Hall–Kier alpha value is -3.96. The molecular formula is C59H94O5. The Morgan fingerprint density at radius 2 is 0.719 bits per heavy atom. The van der Waals surface area contributed by atoms with Gasteiger partial charge in [0.15, 0.2) is 6.10 Å². The molecule has 0 aliphatic rings. The van der Waals surface area contributed by atoms with Crippen LogP contribution in [0.5, 0.6) is 0 Å². The second-order valence-electron chi connectivity index (χ2n) is 16.3. The summed E-state index contributed by atoms with van der Waals surface area (Å²) in [6.45, 7) is 7.42. The van der Waals surface area contributed by atoms with E-state index in [1.165, 1.54) is 51.4 Å². The SMILES string of the molecule is CC/C=C\C/C=C\C/C=C\C/C=C\C/C=C\CCCC(=O)OCC(COCCCCCCCC/C=C\C/C=C\CCCCC)OC(=O)CCCC/C=C\C/C=C\C/C=C\C/C=C\CC. The summed E-state index contributed by atoms with van der Waals surface area (Å²) in [5, 5.41) is 0. The van der Waals surface area contributed by atoms with Gasteiger partial charge in [0.25, 0.3) is 0 Å². The van der Waals surface area contributed by atoms with Crippen LogP contribution < -0.4 is 0 Å². The van der Waals surface area contributed by atoms with Crippen molar-refractivity contribution in [2.45, 2.75) is 207 Å². The lowest BCUT2D eigenvalue weighted by atomic mass is 10.1. The van der Waals surface area contributed by atoms with E-state index in [0.717, 1.165) is 116 Å². The van der Waals surface area contributed by atoms with Crippen LogP contribution in [0.2, 0.25) is 0 Å². The molecule has 0 aromatic carbocycles. The van der Waals surface area contributed by atoms with Crippen molar-refractivity contribution < 1.29 is 23.8 Å². The first-order valence-electron chi connectivity index (χ1n) is 25.7. The maximum atomic E-state index is 12.8. The second-order valence-corrected chi connectivity index (χ2v) is 16.3. The number of rotatable bonds is 45. The highest BCUT2D eigenvalue weighted by Gasteiger charge is 2.17. The van der Waals surface area contributed by atoms with Crippen LogP contribution >= 0.6 is 0 Å². The molecule has 0 saturated heterocycles. The monoisotopic (exact) mass is 883 g/mol. The van der Waals surface area contributed by atoms with E-state index in [1.54, 1.807) is 0 Å². The number of esters is 2. The zero-order valence-corrected chi connectivity index (χ0v) is 41.2. The van der Waals surface area contributed by atoms with E-state index in [2.05, 4.69) is 154 Å². The Labute approximate surface area is 394 Å². The van der Waals surface area contributed by atoms with E-state index in [1.807, 2.05) is 0 Å². The summed E-state index contributed by atoms with van der Waals surface area (Å²) < 4.78 is 17.3. The molecule has 0 heterocycles. The first kappa shape index (κ1) is 60.0. The summed E-state index contributed by atoms with van der Waals surface area (Å²) >= 11 is 0. The van der Waals surface area contributed by atoms with Crippen LogP contribution in [0.25, 0.3) is 0 Å². The molecule has 0 aliphatic carbocycles. The zero-order chi connectivity index (χ0) is 46.3. The fourth-order valence-corrected chi connectivity index (χ4v) is 6.39. The Morgan fingerprint density at radius 3 is 1.17 bits per heavy atom. The maximum Gasteiger partial charge on any atom is 0.306 e. The minimum absolute atomic E-state index is 0.0257.